The fourth-order valence-corrected chi connectivity index (χ4v) is 3.61. The highest BCUT2D eigenvalue weighted by molar-refractivity contribution is 7.99. The lowest BCUT2D eigenvalue weighted by molar-refractivity contribution is -0.124. The Hall–Kier alpha value is -0.220. The summed E-state index contributed by atoms with van der Waals surface area (Å²) in [4.78, 5) is 12.0. The predicted octanol–water partition coefficient (Wildman–Crippen LogP) is 2.55. The first-order chi connectivity index (χ1) is 8.33. The van der Waals surface area contributed by atoms with Crippen LogP contribution in [0.4, 0.5) is 0 Å². The zero-order chi connectivity index (χ0) is 13.8. The lowest BCUT2D eigenvalue weighted by atomic mass is 10.1. The highest BCUT2D eigenvalue weighted by Crippen LogP contribution is 2.30. The van der Waals surface area contributed by atoms with E-state index in [9.17, 15) is 4.79 Å². The summed E-state index contributed by atoms with van der Waals surface area (Å²) in [5.74, 6) is 1.26. The summed E-state index contributed by atoms with van der Waals surface area (Å²) >= 11 is 2.02. The van der Waals surface area contributed by atoms with Crippen LogP contribution in [0.5, 0.6) is 0 Å². The molecule has 0 aliphatic heterocycles. The van der Waals surface area contributed by atoms with Crippen LogP contribution in [0.2, 0.25) is 0 Å². The van der Waals surface area contributed by atoms with Crippen LogP contribution in [-0.2, 0) is 4.79 Å². The number of hydrogen-bond acceptors (Lipinski definition) is 3. The van der Waals surface area contributed by atoms with Gasteiger partial charge in [-0.1, -0.05) is 13.3 Å². The second-order valence-corrected chi connectivity index (χ2v) is 7.67. The molecule has 18 heavy (non-hydrogen) atoms. The van der Waals surface area contributed by atoms with Gasteiger partial charge in [0, 0.05) is 16.8 Å². The van der Waals surface area contributed by atoms with E-state index in [1.54, 1.807) is 0 Å². The van der Waals surface area contributed by atoms with Crippen LogP contribution in [0.3, 0.4) is 0 Å². The summed E-state index contributed by atoms with van der Waals surface area (Å²) in [6, 6.07) is 0.392. The molecule has 0 aromatic heterocycles. The van der Waals surface area contributed by atoms with E-state index >= 15 is 0 Å². The van der Waals surface area contributed by atoms with E-state index in [0.717, 1.165) is 5.75 Å². The Bertz CT molecular complexity index is 275. The van der Waals surface area contributed by atoms with Crippen LogP contribution in [0.15, 0.2) is 0 Å². The van der Waals surface area contributed by atoms with Crippen LogP contribution >= 0.6 is 11.8 Å². The molecule has 4 heteroatoms. The van der Waals surface area contributed by atoms with Crippen molar-refractivity contribution in [3.8, 4) is 0 Å². The Morgan fingerprint density at radius 3 is 2.61 bits per heavy atom. The lowest BCUT2D eigenvalue weighted by Gasteiger charge is -2.27. The summed E-state index contributed by atoms with van der Waals surface area (Å²) in [6.45, 7) is 10.2. The molecular weight excluding hydrogens is 244 g/mol. The number of rotatable bonds is 5. The van der Waals surface area contributed by atoms with Gasteiger partial charge in [-0.25, -0.2) is 0 Å². The van der Waals surface area contributed by atoms with E-state index in [0.29, 0.717) is 11.3 Å². The third-order valence-corrected chi connectivity index (χ3v) is 4.51. The Morgan fingerprint density at radius 2 is 2.06 bits per heavy atom. The molecule has 0 saturated heterocycles. The van der Waals surface area contributed by atoms with Gasteiger partial charge in [-0.05, 0) is 46.3 Å². The summed E-state index contributed by atoms with van der Waals surface area (Å²) in [6.07, 6.45) is 3.76. The maximum Gasteiger partial charge on any atom is 0.237 e. The summed E-state index contributed by atoms with van der Waals surface area (Å²) < 4.78 is 0. The molecule has 1 fully saturated rings. The minimum Gasteiger partial charge on any atom is -0.350 e. The molecular formula is C14H28N2OS. The van der Waals surface area contributed by atoms with Crippen molar-refractivity contribution < 1.29 is 4.79 Å². The zero-order valence-corrected chi connectivity index (χ0v) is 13.2. The number of amides is 1. The van der Waals surface area contributed by atoms with Crippen molar-refractivity contribution >= 4 is 17.7 Å². The first-order valence-corrected chi connectivity index (χ1v) is 8.08. The van der Waals surface area contributed by atoms with Gasteiger partial charge in [0.25, 0.3) is 0 Å². The van der Waals surface area contributed by atoms with Gasteiger partial charge in [0.15, 0.2) is 0 Å². The Balaban J connectivity index is 2.43. The predicted molar refractivity (Wildman–Crippen MR) is 80.1 cm³/mol. The van der Waals surface area contributed by atoms with Crippen molar-refractivity contribution in [3.63, 3.8) is 0 Å². The van der Waals surface area contributed by atoms with Gasteiger partial charge in [0.05, 0.1) is 6.04 Å². The van der Waals surface area contributed by atoms with E-state index in [-0.39, 0.29) is 17.5 Å². The average Bonchev–Trinajstić information content (AvgIpc) is 2.64. The van der Waals surface area contributed by atoms with Gasteiger partial charge in [-0.3, -0.25) is 4.79 Å². The second kappa shape index (κ2) is 6.80. The molecule has 0 aromatic rings. The van der Waals surface area contributed by atoms with Crippen LogP contribution in [0.1, 0.15) is 53.9 Å². The fraction of sp³-hybridized carbons (Fsp3) is 0.929. The quantitative estimate of drug-likeness (QED) is 0.808. The van der Waals surface area contributed by atoms with Crippen molar-refractivity contribution in [1.82, 2.24) is 10.6 Å². The summed E-state index contributed by atoms with van der Waals surface area (Å²) in [7, 11) is 0. The number of carbonyl (C=O) groups excluding carboxylic acids is 1. The molecule has 0 spiro atoms. The number of carbonyl (C=O) groups is 1. The lowest BCUT2D eigenvalue weighted by Crippen LogP contribution is -2.52. The van der Waals surface area contributed by atoms with Gasteiger partial charge < -0.3 is 10.6 Å². The van der Waals surface area contributed by atoms with Gasteiger partial charge in [-0.15, -0.1) is 0 Å². The summed E-state index contributed by atoms with van der Waals surface area (Å²) in [5.41, 5.74) is -0.153. The van der Waals surface area contributed by atoms with Crippen molar-refractivity contribution in [1.29, 1.82) is 0 Å². The van der Waals surface area contributed by atoms with E-state index in [2.05, 4.69) is 17.6 Å². The molecule has 3 unspecified atom stereocenters. The number of hydrogen-bond donors (Lipinski definition) is 2. The largest absolute Gasteiger partial charge is 0.350 e. The molecule has 1 aliphatic rings. The second-order valence-electron chi connectivity index (χ2n) is 6.16. The highest BCUT2D eigenvalue weighted by Gasteiger charge is 2.30. The molecule has 106 valence electrons. The number of nitrogens with one attached hydrogen (secondary N) is 2. The van der Waals surface area contributed by atoms with Crippen LogP contribution in [0.25, 0.3) is 0 Å². The van der Waals surface area contributed by atoms with E-state index in [1.165, 1.54) is 19.3 Å². The van der Waals surface area contributed by atoms with E-state index < -0.39 is 0 Å². The Labute approximate surface area is 116 Å². The molecule has 1 saturated carbocycles. The van der Waals surface area contributed by atoms with Gasteiger partial charge in [0.1, 0.15) is 0 Å². The average molecular weight is 272 g/mol. The highest BCUT2D eigenvalue weighted by atomic mass is 32.2. The topological polar surface area (TPSA) is 41.1 Å². The molecule has 3 atom stereocenters. The molecule has 1 aliphatic carbocycles. The molecule has 0 heterocycles. The first-order valence-electron chi connectivity index (χ1n) is 7.03. The Morgan fingerprint density at radius 1 is 1.39 bits per heavy atom. The van der Waals surface area contributed by atoms with Crippen molar-refractivity contribution in [2.45, 2.75) is 76.8 Å². The van der Waals surface area contributed by atoms with Crippen molar-refractivity contribution in [3.05, 3.63) is 0 Å². The van der Waals surface area contributed by atoms with E-state index in [1.807, 2.05) is 39.5 Å². The minimum atomic E-state index is -0.153. The van der Waals surface area contributed by atoms with Gasteiger partial charge >= 0.3 is 0 Å². The van der Waals surface area contributed by atoms with Crippen LogP contribution in [0, 0.1) is 0 Å². The molecule has 1 rings (SSSR count). The van der Waals surface area contributed by atoms with Crippen molar-refractivity contribution in [2.24, 2.45) is 0 Å². The van der Waals surface area contributed by atoms with Crippen LogP contribution < -0.4 is 10.6 Å². The summed E-state index contributed by atoms with van der Waals surface area (Å²) in [5, 5.41) is 7.22. The fourth-order valence-electron chi connectivity index (χ4n) is 2.40. The third-order valence-electron chi connectivity index (χ3n) is 3.19. The molecule has 1 amide bonds. The first kappa shape index (κ1) is 15.8. The van der Waals surface area contributed by atoms with Crippen molar-refractivity contribution in [2.75, 3.05) is 5.75 Å². The monoisotopic (exact) mass is 272 g/mol. The zero-order valence-electron chi connectivity index (χ0n) is 12.4. The standard InChI is InChI=1S/C14H28N2OS/c1-6-18-12-9-7-8-11(12)15-10(2)13(17)16-14(3,4)5/h10-12,15H,6-9H2,1-5H3,(H,16,17). The maximum absolute atomic E-state index is 12.0. The third kappa shape index (κ3) is 5.19. The Kier molecular flexibility index (Phi) is 5.99. The minimum absolute atomic E-state index is 0.104. The normalized spacial score (nSPS) is 26.1. The molecule has 0 aromatic carbocycles. The molecule has 3 nitrogen and oxygen atoms in total. The SMILES string of the molecule is CCSC1CCCC1NC(C)C(=O)NC(C)(C)C. The van der Waals surface area contributed by atoms with Gasteiger partial charge in [-0.2, -0.15) is 11.8 Å². The molecule has 0 radical (unpaired) electrons. The molecule has 0 bridgehead atoms. The van der Waals surface area contributed by atoms with Gasteiger partial charge in [0.2, 0.25) is 5.91 Å². The molecule has 2 N–H and O–H groups in total. The number of thioether (sulfide) groups is 1. The maximum atomic E-state index is 12.0. The smallest absolute Gasteiger partial charge is 0.237 e. The van der Waals surface area contributed by atoms with E-state index in [4.69, 9.17) is 0 Å². The van der Waals surface area contributed by atoms with Crippen LogP contribution in [-0.4, -0.2) is 34.5 Å².